The first-order chi connectivity index (χ1) is 15.8. The van der Waals surface area contributed by atoms with E-state index in [1.165, 1.54) is 11.8 Å². The van der Waals surface area contributed by atoms with Crippen molar-refractivity contribution >= 4 is 34.8 Å². The lowest BCUT2D eigenvalue weighted by molar-refractivity contribution is -0.128. The van der Waals surface area contributed by atoms with Gasteiger partial charge in [0.1, 0.15) is 5.82 Å². The zero-order valence-electron chi connectivity index (χ0n) is 17.4. The smallest absolute Gasteiger partial charge is 0.233 e. The van der Waals surface area contributed by atoms with Crippen molar-refractivity contribution in [3.63, 3.8) is 0 Å². The molecule has 1 amide bonds. The summed E-state index contributed by atoms with van der Waals surface area (Å²) in [5, 5.41) is 11.6. The number of nitrogens with zero attached hydrogens (tertiary/aromatic N) is 6. The first-order valence-corrected chi connectivity index (χ1v) is 12.3. The molecule has 0 bridgehead atoms. The summed E-state index contributed by atoms with van der Waals surface area (Å²) in [5.74, 6) is 2.21. The summed E-state index contributed by atoms with van der Waals surface area (Å²) >= 11 is 3.06. The molecule has 1 aromatic carbocycles. The second kappa shape index (κ2) is 9.54. The van der Waals surface area contributed by atoms with Gasteiger partial charge in [-0.05, 0) is 35.7 Å². The van der Waals surface area contributed by atoms with Gasteiger partial charge in [-0.15, -0.1) is 21.5 Å². The van der Waals surface area contributed by atoms with Gasteiger partial charge in [-0.25, -0.2) is 4.98 Å². The third-order valence-corrected chi connectivity index (χ3v) is 7.10. The fourth-order valence-electron chi connectivity index (χ4n) is 3.68. The van der Waals surface area contributed by atoms with Crippen LogP contribution >= 0.6 is 23.1 Å². The van der Waals surface area contributed by atoms with Gasteiger partial charge in [-0.2, -0.15) is 0 Å². The maximum absolute atomic E-state index is 12.9. The molecule has 0 spiro atoms. The summed E-state index contributed by atoms with van der Waals surface area (Å²) in [6.45, 7) is 2.97. The number of benzene rings is 1. The molecule has 162 valence electrons. The molecule has 0 atom stereocenters. The average molecular weight is 463 g/mol. The number of thiophene rings is 1. The third kappa shape index (κ3) is 4.39. The van der Waals surface area contributed by atoms with Crippen LogP contribution in [-0.4, -0.2) is 62.5 Å². The van der Waals surface area contributed by atoms with Crippen molar-refractivity contribution in [3.05, 3.63) is 72.2 Å². The molecule has 1 saturated heterocycles. The molecule has 0 N–H and O–H groups in total. The van der Waals surface area contributed by atoms with Gasteiger partial charge in [0.05, 0.1) is 10.6 Å². The molecule has 0 aliphatic carbocycles. The molecular weight excluding hydrogens is 440 g/mol. The predicted molar refractivity (Wildman–Crippen MR) is 128 cm³/mol. The number of pyridine rings is 1. The number of carbonyl (C=O) groups is 1. The lowest BCUT2D eigenvalue weighted by Gasteiger charge is -2.35. The van der Waals surface area contributed by atoms with Gasteiger partial charge >= 0.3 is 0 Å². The molecule has 0 unspecified atom stereocenters. The Balaban J connectivity index is 1.27. The van der Waals surface area contributed by atoms with E-state index in [0.29, 0.717) is 18.8 Å². The molecular formula is C23H22N6OS2. The SMILES string of the molecule is O=C(CSc1nnc(-c2cccs2)n1-c1ccccc1)N1CCN(c2ccccn2)CC1. The second-order valence-corrected chi connectivity index (χ2v) is 9.19. The highest BCUT2D eigenvalue weighted by molar-refractivity contribution is 7.99. The molecule has 3 aromatic heterocycles. The van der Waals surface area contributed by atoms with Crippen molar-refractivity contribution in [2.75, 3.05) is 36.8 Å². The van der Waals surface area contributed by atoms with E-state index in [1.807, 2.05) is 75.5 Å². The molecule has 9 heteroatoms. The van der Waals surface area contributed by atoms with Crippen LogP contribution in [0.1, 0.15) is 0 Å². The maximum Gasteiger partial charge on any atom is 0.233 e. The lowest BCUT2D eigenvalue weighted by atomic mass is 10.3. The summed E-state index contributed by atoms with van der Waals surface area (Å²) in [6, 6.07) is 20.0. The van der Waals surface area contributed by atoms with Crippen LogP contribution in [0.15, 0.2) is 77.4 Å². The first-order valence-electron chi connectivity index (χ1n) is 10.4. The Hall–Kier alpha value is -3.17. The van der Waals surface area contributed by atoms with E-state index < -0.39 is 0 Å². The molecule has 1 aliphatic heterocycles. The van der Waals surface area contributed by atoms with Crippen LogP contribution in [0.3, 0.4) is 0 Å². The molecule has 1 aliphatic rings. The third-order valence-electron chi connectivity index (χ3n) is 5.32. The summed E-state index contributed by atoms with van der Waals surface area (Å²) in [6.07, 6.45) is 1.80. The number of hydrogen-bond donors (Lipinski definition) is 0. The fourth-order valence-corrected chi connectivity index (χ4v) is 5.24. The minimum absolute atomic E-state index is 0.121. The molecule has 5 rings (SSSR count). The summed E-state index contributed by atoms with van der Waals surface area (Å²) in [5.41, 5.74) is 0.986. The van der Waals surface area contributed by atoms with Crippen LogP contribution in [-0.2, 0) is 4.79 Å². The van der Waals surface area contributed by atoms with Crippen LogP contribution < -0.4 is 4.90 Å². The van der Waals surface area contributed by atoms with Gasteiger partial charge in [0.2, 0.25) is 5.91 Å². The minimum Gasteiger partial charge on any atom is -0.353 e. The van der Waals surface area contributed by atoms with E-state index in [2.05, 4.69) is 20.1 Å². The van der Waals surface area contributed by atoms with Crippen LogP contribution in [0, 0.1) is 0 Å². The Kier molecular flexibility index (Phi) is 6.17. The van der Waals surface area contributed by atoms with Crippen molar-refractivity contribution in [1.82, 2.24) is 24.6 Å². The summed E-state index contributed by atoms with van der Waals surface area (Å²) in [4.78, 5) is 22.5. The number of rotatable bonds is 6. The van der Waals surface area contributed by atoms with Crippen LogP contribution in [0.25, 0.3) is 16.4 Å². The number of amides is 1. The highest BCUT2D eigenvalue weighted by Gasteiger charge is 2.23. The van der Waals surface area contributed by atoms with Gasteiger partial charge in [-0.1, -0.05) is 42.1 Å². The monoisotopic (exact) mass is 462 g/mol. The number of anilines is 1. The number of hydrogen-bond acceptors (Lipinski definition) is 7. The van der Waals surface area contributed by atoms with Crippen molar-refractivity contribution in [2.45, 2.75) is 5.16 Å². The molecule has 0 saturated carbocycles. The van der Waals surface area contributed by atoms with Crippen molar-refractivity contribution < 1.29 is 4.79 Å². The Morgan fingerprint density at radius 2 is 1.75 bits per heavy atom. The summed E-state index contributed by atoms with van der Waals surface area (Å²) < 4.78 is 2.03. The largest absolute Gasteiger partial charge is 0.353 e. The molecule has 7 nitrogen and oxygen atoms in total. The minimum atomic E-state index is 0.121. The molecule has 0 radical (unpaired) electrons. The predicted octanol–water partition coefficient (Wildman–Crippen LogP) is 3.83. The van der Waals surface area contributed by atoms with Crippen molar-refractivity contribution in [2.24, 2.45) is 0 Å². The number of aromatic nitrogens is 4. The van der Waals surface area contributed by atoms with E-state index in [0.717, 1.165) is 40.5 Å². The molecule has 4 aromatic rings. The van der Waals surface area contributed by atoms with Gasteiger partial charge in [0.15, 0.2) is 11.0 Å². The number of piperazine rings is 1. The fraction of sp³-hybridized carbons (Fsp3) is 0.217. The lowest BCUT2D eigenvalue weighted by Crippen LogP contribution is -2.49. The maximum atomic E-state index is 12.9. The van der Waals surface area contributed by atoms with Crippen molar-refractivity contribution in [1.29, 1.82) is 0 Å². The molecule has 4 heterocycles. The van der Waals surface area contributed by atoms with Gasteiger partial charge in [0.25, 0.3) is 0 Å². The normalized spacial score (nSPS) is 14.0. The summed E-state index contributed by atoms with van der Waals surface area (Å²) in [7, 11) is 0. The van der Waals surface area contributed by atoms with Crippen LogP contribution in [0.5, 0.6) is 0 Å². The van der Waals surface area contributed by atoms with E-state index in [9.17, 15) is 4.79 Å². The van der Waals surface area contributed by atoms with E-state index in [4.69, 9.17) is 0 Å². The highest BCUT2D eigenvalue weighted by atomic mass is 32.2. The second-order valence-electron chi connectivity index (χ2n) is 7.30. The van der Waals surface area contributed by atoms with Gasteiger partial charge in [0, 0.05) is 38.1 Å². The van der Waals surface area contributed by atoms with Gasteiger partial charge in [-0.3, -0.25) is 9.36 Å². The zero-order valence-corrected chi connectivity index (χ0v) is 19.0. The van der Waals surface area contributed by atoms with E-state index >= 15 is 0 Å². The molecule has 32 heavy (non-hydrogen) atoms. The number of carbonyl (C=O) groups excluding carboxylic acids is 1. The Labute approximate surface area is 194 Å². The van der Waals surface area contributed by atoms with E-state index in [1.54, 1.807) is 17.5 Å². The van der Waals surface area contributed by atoms with E-state index in [-0.39, 0.29) is 5.91 Å². The Morgan fingerprint density at radius 1 is 0.938 bits per heavy atom. The Morgan fingerprint density at radius 3 is 2.47 bits per heavy atom. The Bertz CT molecular complexity index is 1160. The standard InChI is InChI=1S/C23H22N6OS2/c30-21(28-14-12-27(13-15-28)20-10-4-5-11-24-20)17-32-23-26-25-22(19-9-6-16-31-19)29(23)18-7-2-1-3-8-18/h1-11,16H,12-15,17H2. The highest BCUT2D eigenvalue weighted by Crippen LogP contribution is 2.30. The average Bonchev–Trinajstić information content (AvgIpc) is 3.54. The zero-order chi connectivity index (χ0) is 21.8. The topological polar surface area (TPSA) is 67.2 Å². The van der Waals surface area contributed by atoms with Gasteiger partial charge < -0.3 is 9.80 Å². The molecule has 1 fully saturated rings. The van der Waals surface area contributed by atoms with Crippen LogP contribution in [0.2, 0.25) is 0 Å². The van der Waals surface area contributed by atoms with Crippen molar-refractivity contribution in [3.8, 4) is 16.4 Å². The quantitative estimate of drug-likeness (QED) is 0.406. The number of thioether (sulfide) groups is 1. The number of para-hydroxylation sites is 1. The first kappa shape index (κ1) is 20.7. The van der Waals surface area contributed by atoms with Crippen LogP contribution in [0.4, 0.5) is 5.82 Å².